The molecule has 0 spiro atoms. The van der Waals surface area contributed by atoms with E-state index in [0.29, 0.717) is 6.42 Å². The van der Waals surface area contributed by atoms with Crippen molar-refractivity contribution < 1.29 is 30.7 Å². The molecule has 0 amide bonds. The van der Waals surface area contributed by atoms with E-state index in [4.69, 9.17) is 4.74 Å². The second-order valence-electron chi connectivity index (χ2n) is 5.36. The molecule has 0 aromatic carbocycles. The van der Waals surface area contributed by atoms with E-state index in [9.17, 15) is 26.0 Å². The number of rotatable bonds is 6. The molecule has 1 saturated heterocycles. The van der Waals surface area contributed by atoms with Crippen molar-refractivity contribution in [3.05, 3.63) is 17.8 Å². The Morgan fingerprint density at radius 2 is 2.08 bits per heavy atom. The van der Waals surface area contributed by atoms with Crippen molar-refractivity contribution in [3.8, 4) is 5.88 Å². The maximum absolute atomic E-state index is 14.0. The van der Waals surface area contributed by atoms with Crippen molar-refractivity contribution >= 4 is 10.0 Å². The lowest BCUT2D eigenvalue weighted by atomic mass is 10.3. The van der Waals surface area contributed by atoms with Crippen molar-refractivity contribution in [2.45, 2.75) is 38.5 Å². The summed E-state index contributed by atoms with van der Waals surface area (Å²) in [5.41, 5.74) is 0.174. The van der Waals surface area contributed by atoms with Crippen LogP contribution in [0.2, 0.25) is 0 Å². The molecule has 1 aliphatic heterocycles. The summed E-state index contributed by atoms with van der Waals surface area (Å²) in [7, 11) is -4.03. The minimum atomic E-state index is -4.54. The lowest BCUT2D eigenvalue weighted by Crippen LogP contribution is -2.34. The van der Waals surface area contributed by atoms with Crippen molar-refractivity contribution in [3.63, 3.8) is 0 Å². The van der Waals surface area contributed by atoms with Gasteiger partial charge in [0.05, 0.1) is 24.4 Å². The summed E-state index contributed by atoms with van der Waals surface area (Å²) >= 11 is 0. The third-order valence-electron chi connectivity index (χ3n) is 3.59. The molecule has 1 aliphatic rings. The number of sulfonamides is 1. The normalized spacial score (nSPS) is 19.6. The second kappa shape index (κ2) is 7.18. The molecule has 2 heterocycles. The zero-order valence-corrected chi connectivity index (χ0v) is 13.7. The molecule has 1 aromatic heterocycles. The van der Waals surface area contributed by atoms with Gasteiger partial charge in [0.15, 0.2) is 0 Å². The third-order valence-corrected chi connectivity index (χ3v) is 5.43. The van der Waals surface area contributed by atoms with Gasteiger partial charge in [-0.1, -0.05) is 6.92 Å². The Bertz CT molecular complexity index is 682. The zero-order valence-electron chi connectivity index (χ0n) is 12.9. The van der Waals surface area contributed by atoms with Crippen LogP contribution in [0.1, 0.15) is 25.5 Å². The molecular weight excluding hydrogens is 354 g/mol. The maximum Gasteiger partial charge on any atom is 0.390 e. The number of aryl methyl sites for hydroxylation is 1. The number of hydrogen-bond acceptors (Lipinski definition) is 5. The van der Waals surface area contributed by atoms with E-state index >= 15 is 0 Å². The van der Waals surface area contributed by atoms with Gasteiger partial charge in [-0.3, -0.25) is 0 Å². The Labute approximate surface area is 136 Å². The number of hydrogen-bond donors (Lipinski definition) is 0. The number of halogens is 4. The molecule has 2 rings (SSSR count). The summed E-state index contributed by atoms with van der Waals surface area (Å²) in [4.78, 5) is 7.44. The number of ether oxygens (including phenoxy) is 1. The number of aromatic nitrogens is 2. The van der Waals surface area contributed by atoms with Gasteiger partial charge in [0, 0.05) is 6.54 Å². The van der Waals surface area contributed by atoms with Crippen LogP contribution in [0.3, 0.4) is 0 Å². The summed E-state index contributed by atoms with van der Waals surface area (Å²) in [6.07, 6.45) is -4.88. The molecule has 0 N–H and O–H groups in total. The average Bonchev–Trinajstić information content (AvgIpc) is 2.96. The van der Waals surface area contributed by atoms with Gasteiger partial charge >= 0.3 is 6.18 Å². The van der Waals surface area contributed by atoms with Gasteiger partial charge in [-0.25, -0.2) is 13.4 Å². The van der Waals surface area contributed by atoms with E-state index in [1.165, 1.54) is 0 Å². The highest BCUT2D eigenvalue weighted by Gasteiger charge is 2.36. The van der Waals surface area contributed by atoms with Crippen LogP contribution in [0.25, 0.3) is 0 Å². The topological polar surface area (TPSA) is 72.4 Å². The van der Waals surface area contributed by atoms with Crippen LogP contribution in [0.4, 0.5) is 17.6 Å². The fraction of sp³-hybridized carbons (Fsp3) is 0.692. The van der Waals surface area contributed by atoms with E-state index in [1.807, 2.05) is 0 Å². The van der Waals surface area contributed by atoms with Gasteiger partial charge in [-0.2, -0.15) is 26.9 Å². The summed E-state index contributed by atoms with van der Waals surface area (Å²) < 4.78 is 80.7. The van der Waals surface area contributed by atoms with Crippen LogP contribution >= 0.6 is 0 Å². The Hall–Kier alpha value is -1.49. The number of alkyl halides is 3. The van der Waals surface area contributed by atoms with Gasteiger partial charge in [-0.05, 0) is 12.8 Å². The van der Waals surface area contributed by atoms with Crippen LogP contribution in [0.5, 0.6) is 5.88 Å². The van der Waals surface area contributed by atoms with E-state index in [2.05, 4.69) is 9.97 Å². The SMILES string of the molecule is CCc1ncnc(O[C@@H]2CCN(S(=O)(=O)CCC(F)(F)F)C2)c1F. The zero-order chi connectivity index (χ0) is 18.0. The summed E-state index contributed by atoms with van der Waals surface area (Å²) in [6, 6.07) is 0. The minimum Gasteiger partial charge on any atom is -0.471 e. The van der Waals surface area contributed by atoms with Gasteiger partial charge < -0.3 is 4.74 Å². The fourth-order valence-corrected chi connectivity index (χ4v) is 3.82. The van der Waals surface area contributed by atoms with Crippen molar-refractivity contribution in [2.75, 3.05) is 18.8 Å². The molecule has 0 saturated carbocycles. The van der Waals surface area contributed by atoms with E-state index in [-0.39, 0.29) is 31.1 Å². The predicted molar refractivity (Wildman–Crippen MR) is 76.4 cm³/mol. The van der Waals surface area contributed by atoms with Crippen LogP contribution in [-0.2, 0) is 16.4 Å². The molecule has 6 nitrogen and oxygen atoms in total. The van der Waals surface area contributed by atoms with E-state index < -0.39 is 40.3 Å². The Kier molecular flexibility index (Phi) is 5.63. The molecular formula is C13H17F4N3O3S. The quantitative estimate of drug-likeness (QED) is 0.715. The molecule has 0 aliphatic carbocycles. The van der Waals surface area contributed by atoms with Gasteiger partial charge in [0.25, 0.3) is 5.88 Å². The van der Waals surface area contributed by atoms with Crippen LogP contribution < -0.4 is 4.74 Å². The smallest absolute Gasteiger partial charge is 0.390 e. The molecule has 136 valence electrons. The third kappa shape index (κ3) is 4.76. The largest absolute Gasteiger partial charge is 0.471 e. The van der Waals surface area contributed by atoms with Crippen molar-refractivity contribution in [2.24, 2.45) is 0 Å². The first-order chi connectivity index (χ1) is 11.1. The molecule has 1 aromatic rings. The maximum atomic E-state index is 14.0. The van der Waals surface area contributed by atoms with Gasteiger partial charge in [-0.15, -0.1) is 0 Å². The first kappa shape index (κ1) is 18.8. The van der Waals surface area contributed by atoms with Gasteiger partial charge in [0.1, 0.15) is 12.4 Å². The van der Waals surface area contributed by atoms with E-state index in [1.54, 1.807) is 6.92 Å². The minimum absolute atomic E-state index is 0.0260. The molecule has 0 unspecified atom stereocenters. The average molecular weight is 371 g/mol. The van der Waals surface area contributed by atoms with E-state index in [0.717, 1.165) is 10.6 Å². The molecule has 0 radical (unpaired) electrons. The molecule has 0 bridgehead atoms. The molecule has 1 fully saturated rings. The van der Waals surface area contributed by atoms with Gasteiger partial charge in [0.2, 0.25) is 15.8 Å². The highest BCUT2D eigenvalue weighted by molar-refractivity contribution is 7.89. The van der Waals surface area contributed by atoms with Crippen LogP contribution in [0, 0.1) is 5.82 Å². The fourth-order valence-electron chi connectivity index (χ4n) is 2.29. The molecule has 1 atom stereocenters. The highest BCUT2D eigenvalue weighted by atomic mass is 32.2. The summed E-state index contributed by atoms with van der Waals surface area (Å²) in [5.74, 6) is -2.00. The Balaban J connectivity index is 1.98. The molecule has 11 heteroatoms. The highest BCUT2D eigenvalue weighted by Crippen LogP contribution is 2.25. The van der Waals surface area contributed by atoms with Crippen LogP contribution in [0.15, 0.2) is 6.33 Å². The lowest BCUT2D eigenvalue weighted by Gasteiger charge is -2.17. The Morgan fingerprint density at radius 3 is 2.71 bits per heavy atom. The monoisotopic (exact) mass is 371 g/mol. The number of nitrogens with zero attached hydrogens (tertiary/aromatic N) is 3. The summed E-state index contributed by atoms with van der Waals surface area (Å²) in [6.45, 7) is 1.60. The first-order valence-electron chi connectivity index (χ1n) is 7.33. The second-order valence-corrected chi connectivity index (χ2v) is 7.45. The van der Waals surface area contributed by atoms with Crippen LogP contribution in [-0.4, -0.2) is 53.8 Å². The Morgan fingerprint density at radius 1 is 1.38 bits per heavy atom. The van der Waals surface area contributed by atoms with Crippen molar-refractivity contribution in [1.82, 2.24) is 14.3 Å². The summed E-state index contributed by atoms with van der Waals surface area (Å²) in [5, 5.41) is 0. The van der Waals surface area contributed by atoms with Crippen molar-refractivity contribution in [1.29, 1.82) is 0 Å². The standard InChI is InChI=1S/C13H17F4N3O3S/c1-2-10-11(14)12(19-8-18-10)23-9-3-5-20(7-9)24(21,22)6-4-13(15,16)17/h8-9H,2-7H2,1H3/t9-/m1/s1. The first-order valence-corrected chi connectivity index (χ1v) is 8.94. The molecule has 24 heavy (non-hydrogen) atoms. The lowest BCUT2D eigenvalue weighted by molar-refractivity contribution is -0.130. The predicted octanol–water partition coefficient (Wildman–Crippen LogP) is 1.91.